The van der Waals surface area contributed by atoms with Gasteiger partial charge in [0.15, 0.2) is 18.1 Å². The van der Waals surface area contributed by atoms with E-state index in [0.29, 0.717) is 39.5 Å². The Morgan fingerprint density at radius 1 is 1.13 bits per heavy atom. The van der Waals surface area contributed by atoms with Gasteiger partial charge in [0.25, 0.3) is 11.5 Å². The van der Waals surface area contributed by atoms with Crippen molar-refractivity contribution in [2.45, 2.75) is 33.1 Å². The molecule has 0 aliphatic rings. The van der Waals surface area contributed by atoms with E-state index < -0.39 is 5.41 Å². The van der Waals surface area contributed by atoms with Crippen molar-refractivity contribution >= 4 is 44.6 Å². The number of carbonyl (C=O) groups is 1. The maximum absolute atomic E-state index is 13.5. The van der Waals surface area contributed by atoms with Crippen LogP contribution in [0.3, 0.4) is 0 Å². The van der Waals surface area contributed by atoms with E-state index in [1.54, 1.807) is 30.3 Å². The predicted octanol–water partition coefficient (Wildman–Crippen LogP) is 5.67. The molecule has 4 rings (SSSR count). The first kappa shape index (κ1) is 27.1. The number of nitrogens with one attached hydrogen (secondary N) is 1. The summed E-state index contributed by atoms with van der Waals surface area (Å²) >= 11 is 3.43. The number of aryl methyl sites for hydroxylation is 1. The lowest BCUT2D eigenvalue weighted by Crippen LogP contribution is -2.29. The van der Waals surface area contributed by atoms with Crippen LogP contribution in [0.15, 0.2) is 75.0 Å². The SMILES string of the molecule is COc1cccc(C=Nn2c(C(C)(C)C)nc3ccc(Br)cc3c2=O)c1OCC(=O)Nc1ccccc1C. The Kier molecular flexibility index (Phi) is 7.97. The number of benzene rings is 3. The highest BCUT2D eigenvalue weighted by atomic mass is 79.9. The van der Waals surface area contributed by atoms with Crippen LogP contribution < -0.4 is 20.3 Å². The molecule has 0 aliphatic carbocycles. The van der Waals surface area contributed by atoms with Crippen LogP contribution >= 0.6 is 15.9 Å². The summed E-state index contributed by atoms with van der Waals surface area (Å²) in [6.07, 6.45) is 1.51. The first-order valence-electron chi connectivity index (χ1n) is 12.0. The van der Waals surface area contributed by atoms with E-state index in [0.717, 1.165) is 10.0 Å². The minimum absolute atomic E-state index is 0.242. The summed E-state index contributed by atoms with van der Waals surface area (Å²) in [6, 6.07) is 18.2. The third-order valence-corrected chi connectivity index (χ3v) is 6.28. The van der Waals surface area contributed by atoms with Crippen LogP contribution in [0.25, 0.3) is 10.9 Å². The minimum Gasteiger partial charge on any atom is -0.493 e. The summed E-state index contributed by atoms with van der Waals surface area (Å²) < 4.78 is 13.5. The molecule has 0 saturated heterocycles. The number of nitrogens with zero attached hydrogens (tertiary/aromatic N) is 3. The molecule has 0 bridgehead atoms. The molecule has 0 fully saturated rings. The molecule has 1 aromatic heterocycles. The van der Waals surface area contributed by atoms with Gasteiger partial charge < -0.3 is 14.8 Å². The van der Waals surface area contributed by atoms with Gasteiger partial charge in [-0.1, -0.05) is 61.0 Å². The number of rotatable bonds is 7. The van der Waals surface area contributed by atoms with Crippen molar-refractivity contribution in [1.29, 1.82) is 0 Å². The lowest BCUT2D eigenvalue weighted by molar-refractivity contribution is -0.118. The van der Waals surface area contributed by atoms with E-state index in [2.05, 4.69) is 26.3 Å². The molecule has 9 heteroatoms. The molecule has 1 amide bonds. The number of para-hydroxylation sites is 2. The van der Waals surface area contributed by atoms with Crippen molar-refractivity contribution in [1.82, 2.24) is 9.66 Å². The molecule has 0 radical (unpaired) electrons. The maximum atomic E-state index is 13.5. The van der Waals surface area contributed by atoms with Gasteiger partial charge in [-0.05, 0) is 48.9 Å². The van der Waals surface area contributed by atoms with Crippen LogP contribution in [-0.4, -0.2) is 35.5 Å². The fourth-order valence-electron chi connectivity index (χ4n) is 3.85. The fourth-order valence-corrected chi connectivity index (χ4v) is 4.21. The van der Waals surface area contributed by atoms with Gasteiger partial charge in [-0.25, -0.2) is 4.98 Å². The Bertz CT molecular complexity index is 1590. The van der Waals surface area contributed by atoms with Crippen molar-refractivity contribution < 1.29 is 14.3 Å². The van der Waals surface area contributed by atoms with Gasteiger partial charge >= 0.3 is 0 Å². The normalized spacial score (nSPS) is 11.6. The molecule has 1 N–H and O–H groups in total. The van der Waals surface area contributed by atoms with Crippen LogP contribution in [0.2, 0.25) is 0 Å². The van der Waals surface area contributed by atoms with Crippen molar-refractivity contribution in [3.63, 3.8) is 0 Å². The number of amides is 1. The molecule has 0 spiro atoms. The largest absolute Gasteiger partial charge is 0.493 e. The molecule has 0 aliphatic heterocycles. The molecule has 3 aromatic carbocycles. The molecule has 196 valence electrons. The molecule has 0 saturated carbocycles. The summed E-state index contributed by atoms with van der Waals surface area (Å²) in [7, 11) is 1.52. The van der Waals surface area contributed by atoms with Crippen molar-refractivity contribution in [2.75, 3.05) is 19.0 Å². The zero-order chi connectivity index (χ0) is 27.4. The number of hydrogen-bond donors (Lipinski definition) is 1. The van der Waals surface area contributed by atoms with Crippen molar-refractivity contribution in [2.24, 2.45) is 5.10 Å². The Morgan fingerprint density at radius 2 is 1.89 bits per heavy atom. The van der Waals surface area contributed by atoms with E-state index in [4.69, 9.17) is 14.5 Å². The maximum Gasteiger partial charge on any atom is 0.282 e. The smallest absolute Gasteiger partial charge is 0.282 e. The Hall–Kier alpha value is -3.98. The lowest BCUT2D eigenvalue weighted by atomic mass is 9.95. The average molecular weight is 577 g/mol. The number of fused-ring (bicyclic) bond motifs is 1. The van der Waals surface area contributed by atoms with Crippen molar-refractivity contribution in [3.8, 4) is 11.5 Å². The average Bonchev–Trinajstić information content (AvgIpc) is 2.88. The molecule has 0 atom stereocenters. The van der Waals surface area contributed by atoms with Gasteiger partial charge in [-0.3, -0.25) is 9.59 Å². The summed E-state index contributed by atoms with van der Waals surface area (Å²) in [5.41, 5.74) is 2.04. The number of ether oxygens (including phenoxy) is 2. The predicted molar refractivity (Wildman–Crippen MR) is 154 cm³/mol. The molecular weight excluding hydrogens is 548 g/mol. The topological polar surface area (TPSA) is 94.8 Å². The zero-order valence-electron chi connectivity index (χ0n) is 21.9. The van der Waals surface area contributed by atoms with Crippen LogP contribution in [-0.2, 0) is 10.2 Å². The quantitative estimate of drug-likeness (QED) is 0.286. The van der Waals surface area contributed by atoms with Crippen LogP contribution in [0.1, 0.15) is 37.7 Å². The van der Waals surface area contributed by atoms with Crippen LogP contribution in [0.5, 0.6) is 11.5 Å². The number of carbonyl (C=O) groups excluding carboxylic acids is 1. The van der Waals surface area contributed by atoms with Gasteiger partial charge in [0, 0.05) is 21.1 Å². The third-order valence-electron chi connectivity index (χ3n) is 5.79. The molecule has 8 nitrogen and oxygen atoms in total. The van der Waals surface area contributed by atoms with E-state index in [1.807, 2.05) is 58.0 Å². The van der Waals surface area contributed by atoms with Gasteiger partial charge in [0.2, 0.25) is 0 Å². The number of methoxy groups -OCH3 is 1. The Morgan fingerprint density at radius 3 is 2.61 bits per heavy atom. The fraction of sp³-hybridized carbons (Fsp3) is 0.241. The highest BCUT2D eigenvalue weighted by Crippen LogP contribution is 2.30. The van der Waals surface area contributed by atoms with Gasteiger partial charge in [0.1, 0.15) is 5.82 Å². The first-order valence-corrected chi connectivity index (χ1v) is 12.8. The van der Waals surface area contributed by atoms with Crippen molar-refractivity contribution in [3.05, 3.63) is 92.4 Å². The number of anilines is 1. The molecule has 0 unspecified atom stereocenters. The van der Waals surface area contributed by atoms with E-state index in [9.17, 15) is 9.59 Å². The van der Waals surface area contributed by atoms with E-state index >= 15 is 0 Å². The lowest BCUT2D eigenvalue weighted by Gasteiger charge is -2.21. The van der Waals surface area contributed by atoms with E-state index in [-0.39, 0.29) is 18.1 Å². The molecule has 1 heterocycles. The number of halogens is 1. The zero-order valence-corrected chi connectivity index (χ0v) is 23.5. The summed E-state index contributed by atoms with van der Waals surface area (Å²) in [5, 5.41) is 7.83. The summed E-state index contributed by atoms with van der Waals surface area (Å²) in [4.78, 5) is 30.8. The Labute approximate surface area is 229 Å². The van der Waals surface area contributed by atoms with E-state index in [1.165, 1.54) is 18.0 Å². The van der Waals surface area contributed by atoms with Gasteiger partial charge in [0.05, 0.1) is 24.2 Å². The second-order valence-electron chi connectivity index (χ2n) is 9.74. The van der Waals surface area contributed by atoms with Gasteiger partial charge in [-0.15, -0.1) is 0 Å². The van der Waals surface area contributed by atoms with Gasteiger partial charge in [-0.2, -0.15) is 9.78 Å². The summed E-state index contributed by atoms with van der Waals surface area (Å²) in [5.74, 6) is 0.960. The third kappa shape index (κ3) is 5.94. The second kappa shape index (κ2) is 11.2. The first-order chi connectivity index (χ1) is 18.1. The summed E-state index contributed by atoms with van der Waals surface area (Å²) in [6.45, 7) is 7.59. The molecular formula is C29H29BrN4O4. The van der Waals surface area contributed by atoms with Crippen LogP contribution in [0.4, 0.5) is 5.69 Å². The standard InChI is InChI=1S/C29H29BrN4O4/c1-18-9-6-7-11-22(18)32-25(35)17-38-26-19(10-8-12-24(26)37-5)16-31-34-27(36)21-15-20(30)13-14-23(21)33-28(34)29(2,3)4/h6-16H,17H2,1-5H3,(H,32,35). The number of aromatic nitrogens is 2. The molecule has 4 aromatic rings. The van der Waals surface area contributed by atoms with Crippen LogP contribution in [0, 0.1) is 6.92 Å². The molecule has 38 heavy (non-hydrogen) atoms. The highest BCUT2D eigenvalue weighted by Gasteiger charge is 2.23. The monoisotopic (exact) mass is 576 g/mol. The number of hydrogen-bond acceptors (Lipinski definition) is 6. The Balaban J connectivity index is 1.69. The second-order valence-corrected chi connectivity index (χ2v) is 10.7. The highest BCUT2D eigenvalue weighted by molar-refractivity contribution is 9.10. The minimum atomic E-state index is -0.459.